The second kappa shape index (κ2) is 7.99. The summed E-state index contributed by atoms with van der Waals surface area (Å²) in [4.78, 5) is 36.5. The van der Waals surface area contributed by atoms with Crippen molar-refractivity contribution in [2.45, 2.75) is 38.6 Å². The highest BCUT2D eigenvalue weighted by molar-refractivity contribution is 5.89. The average Bonchev–Trinajstić information content (AvgIpc) is 3.04. The zero-order valence-electron chi connectivity index (χ0n) is 15.6. The molecule has 1 aromatic rings. The number of anilines is 1. The van der Waals surface area contributed by atoms with Crippen molar-refractivity contribution >= 4 is 17.8 Å². The van der Waals surface area contributed by atoms with Gasteiger partial charge in [0.2, 0.25) is 5.91 Å². The van der Waals surface area contributed by atoms with E-state index in [1.807, 2.05) is 4.90 Å². The van der Waals surface area contributed by atoms with Crippen LogP contribution in [0.4, 0.5) is 10.6 Å². The number of ether oxygens (including phenoxy) is 2. The number of rotatable bonds is 5. The number of methoxy groups -OCH3 is 1. The summed E-state index contributed by atoms with van der Waals surface area (Å²) in [6, 6.07) is -0.0273. The zero-order chi connectivity index (χ0) is 18.7. The Morgan fingerprint density at radius 2 is 2.08 bits per heavy atom. The van der Waals surface area contributed by atoms with Crippen molar-refractivity contribution in [1.29, 1.82) is 0 Å². The van der Waals surface area contributed by atoms with Gasteiger partial charge in [0.15, 0.2) is 5.82 Å². The lowest BCUT2D eigenvalue weighted by atomic mass is 9.93. The Balaban J connectivity index is 1.70. The zero-order valence-corrected chi connectivity index (χ0v) is 15.6. The second-order valence-electron chi connectivity index (χ2n) is 7.15. The number of cyclic esters (lactones) is 1. The van der Waals surface area contributed by atoms with E-state index in [9.17, 15) is 9.59 Å². The van der Waals surface area contributed by atoms with Gasteiger partial charge in [-0.2, -0.15) is 0 Å². The van der Waals surface area contributed by atoms with Crippen LogP contribution in [0.1, 0.15) is 38.3 Å². The summed E-state index contributed by atoms with van der Waals surface area (Å²) in [6.07, 6.45) is 4.65. The minimum atomic E-state index is -0.366. The maximum atomic E-state index is 12.1. The van der Waals surface area contributed by atoms with Crippen LogP contribution in [-0.2, 0) is 14.3 Å². The summed E-state index contributed by atoms with van der Waals surface area (Å²) in [6.45, 7) is 5.97. The molecule has 8 nitrogen and oxygen atoms in total. The number of carbonyl (C=O) groups is 2. The van der Waals surface area contributed by atoms with Gasteiger partial charge < -0.3 is 14.4 Å². The molecule has 1 unspecified atom stereocenters. The molecule has 2 aliphatic heterocycles. The van der Waals surface area contributed by atoms with Gasteiger partial charge in [-0.25, -0.2) is 9.78 Å². The third-order valence-electron chi connectivity index (χ3n) is 5.10. The maximum Gasteiger partial charge on any atom is 0.415 e. The molecular formula is C18H26N4O4. The van der Waals surface area contributed by atoms with Crippen molar-refractivity contribution in [1.82, 2.24) is 14.9 Å². The summed E-state index contributed by atoms with van der Waals surface area (Å²) in [7, 11) is 1.53. The molecule has 3 rings (SSSR count). The van der Waals surface area contributed by atoms with Crippen LogP contribution in [0.15, 0.2) is 12.4 Å². The molecule has 2 aliphatic rings. The van der Waals surface area contributed by atoms with E-state index < -0.39 is 0 Å². The van der Waals surface area contributed by atoms with E-state index in [4.69, 9.17) is 14.5 Å². The van der Waals surface area contributed by atoms with Gasteiger partial charge in [0.1, 0.15) is 13.2 Å². The van der Waals surface area contributed by atoms with Crippen molar-refractivity contribution in [3.8, 4) is 0 Å². The number of carbonyl (C=O) groups excluding carboxylic acids is 2. The molecule has 26 heavy (non-hydrogen) atoms. The fraction of sp³-hybridized carbons (Fsp3) is 0.667. The van der Waals surface area contributed by atoms with Crippen LogP contribution in [0.25, 0.3) is 0 Å². The van der Waals surface area contributed by atoms with E-state index in [1.54, 1.807) is 17.3 Å². The van der Waals surface area contributed by atoms with E-state index in [2.05, 4.69) is 18.8 Å². The highest BCUT2D eigenvalue weighted by Crippen LogP contribution is 2.30. The first-order valence-electron chi connectivity index (χ1n) is 9.06. The molecule has 1 atom stereocenters. The molecule has 2 saturated heterocycles. The molecule has 2 amide bonds. The normalized spacial score (nSPS) is 21.4. The first kappa shape index (κ1) is 18.6. The van der Waals surface area contributed by atoms with Crippen LogP contribution in [0.2, 0.25) is 0 Å². The van der Waals surface area contributed by atoms with Crippen molar-refractivity contribution in [2.24, 2.45) is 5.92 Å². The molecule has 1 aromatic heterocycles. The highest BCUT2D eigenvalue weighted by atomic mass is 16.6. The van der Waals surface area contributed by atoms with E-state index >= 15 is 0 Å². The monoisotopic (exact) mass is 362 g/mol. The summed E-state index contributed by atoms with van der Waals surface area (Å²) >= 11 is 0. The minimum absolute atomic E-state index is 0.0189. The smallest absolute Gasteiger partial charge is 0.415 e. The van der Waals surface area contributed by atoms with E-state index in [0.29, 0.717) is 25.5 Å². The van der Waals surface area contributed by atoms with Crippen LogP contribution >= 0.6 is 0 Å². The molecule has 8 heteroatoms. The van der Waals surface area contributed by atoms with Gasteiger partial charge in [-0.3, -0.25) is 14.7 Å². The van der Waals surface area contributed by atoms with Gasteiger partial charge in [0, 0.05) is 32.3 Å². The van der Waals surface area contributed by atoms with Crippen LogP contribution in [-0.4, -0.2) is 66.3 Å². The van der Waals surface area contributed by atoms with Crippen LogP contribution in [0, 0.1) is 5.92 Å². The lowest BCUT2D eigenvalue weighted by Gasteiger charge is -2.32. The number of amides is 2. The lowest BCUT2D eigenvalue weighted by molar-refractivity contribution is -0.136. The number of hydrogen-bond donors (Lipinski definition) is 0. The number of aromatic nitrogens is 2. The Kier molecular flexibility index (Phi) is 5.70. The predicted octanol–water partition coefficient (Wildman–Crippen LogP) is 1.81. The predicted molar refractivity (Wildman–Crippen MR) is 94.9 cm³/mol. The Hall–Kier alpha value is -2.22. The van der Waals surface area contributed by atoms with Gasteiger partial charge in [-0.15, -0.1) is 0 Å². The molecule has 0 aliphatic carbocycles. The van der Waals surface area contributed by atoms with Crippen molar-refractivity contribution in [3.05, 3.63) is 18.1 Å². The second-order valence-corrected chi connectivity index (χ2v) is 7.15. The quantitative estimate of drug-likeness (QED) is 0.794. The number of hydrogen-bond acceptors (Lipinski definition) is 6. The summed E-state index contributed by atoms with van der Waals surface area (Å²) in [5.41, 5.74) is 0.864. The van der Waals surface area contributed by atoms with Crippen LogP contribution in [0.5, 0.6) is 0 Å². The molecular weight excluding hydrogens is 336 g/mol. The van der Waals surface area contributed by atoms with Crippen LogP contribution in [0.3, 0.4) is 0 Å². The average molecular weight is 362 g/mol. The SMILES string of the molecule is COCC(=O)N1CCC(c2cncc(N3C(=O)OCC3C(C)C)n2)CC1. The van der Waals surface area contributed by atoms with Gasteiger partial charge in [0.25, 0.3) is 0 Å². The van der Waals surface area contributed by atoms with Crippen molar-refractivity contribution < 1.29 is 19.1 Å². The molecule has 0 N–H and O–H groups in total. The Morgan fingerprint density at radius 3 is 2.73 bits per heavy atom. The summed E-state index contributed by atoms with van der Waals surface area (Å²) in [5, 5.41) is 0. The molecule has 2 fully saturated rings. The molecule has 0 radical (unpaired) electrons. The topological polar surface area (TPSA) is 84.9 Å². The molecule has 0 bridgehead atoms. The van der Waals surface area contributed by atoms with Gasteiger partial charge in [-0.1, -0.05) is 13.8 Å². The lowest BCUT2D eigenvalue weighted by Crippen LogP contribution is -2.40. The van der Waals surface area contributed by atoms with Gasteiger partial charge in [0.05, 0.1) is 17.9 Å². The van der Waals surface area contributed by atoms with Crippen molar-refractivity contribution in [3.63, 3.8) is 0 Å². The molecule has 142 valence electrons. The summed E-state index contributed by atoms with van der Waals surface area (Å²) in [5.74, 6) is 1.05. The first-order chi connectivity index (χ1) is 12.5. The number of nitrogens with zero attached hydrogens (tertiary/aromatic N) is 4. The number of likely N-dealkylation sites (tertiary alicyclic amines) is 1. The first-order valence-corrected chi connectivity index (χ1v) is 9.06. The van der Waals surface area contributed by atoms with Crippen molar-refractivity contribution in [2.75, 3.05) is 38.3 Å². The van der Waals surface area contributed by atoms with E-state index in [1.165, 1.54) is 7.11 Å². The molecule has 0 aromatic carbocycles. The Bertz CT molecular complexity index is 658. The molecule has 0 spiro atoms. The third-order valence-corrected chi connectivity index (χ3v) is 5.10. The third kappa shape index (κ3) is 3.80. The molecule has 0 saturated carbocycles. The standard InChI is InChI=1S/C18H26N4O4/c1-12(2)15-10-26-18(24)22(15)16-9-19-8-14(20-16)13-4-6-21(7-5-13)17(23)11-25-3/h8-9,12-13,15H,4-7,10-11H2,1-3H3. The fourth-order valence-corrected chi connectivity index (χ4v) is 3.51. The number of piperidine rings is 1. The molecule has 3 heterocycles. The van der Waals surface area contributed by atoms with Crippen LogP contribution < -0.4 is 4.90 Å². The largest absolute Gasteiger partial charge is 0.447 e. The fourth-order valence-electron chi connectivity index (χ4n) is 3.51. The van der Waals surface area contributed by atoms with E-state index in [0.717, 1.165) is 18.5 Å². The maximum absolute atomic E-state index is 12.1. The van der Waals surface area contributed by atoms with Gasteiger partial charge >= 0.3 is 6.09 Å². The minimum Gasteiger partial charge on any atom is -0.447 e. The Morgan fingerprint density at radius 1 is 1.35 bits per heavy atom. The van der Waals surface area contributed by atoms with E-state index in [-0.39, 0.29) is 36.5 Å². The Labute approximate surface area is 153 Å². The highest BCUT2D eigenvalue weighted by Gasteiger charge is 2.37. The van der Waals surface area contributed by atoms with Gasteiger partial charge in [-0.05, 0) is 18.8 Å². The summed E-state index contributed by atoms with van der Waals surface area (Å²) < 4.78 is 10.1.